The maximum absolute atomic E-state index is 6.45. The maximum Gasteiger partial charge on any atom is 0.164 e. The zero-order valence-corrected chi connectivity index (χ0v) is 25.5. The van der Waals surface area contributed by atoms with Crippen molar-refractivity contribution >= 4 is 21.9 Å². The molecule has 0 spiro atoms. The summed E-state index contributed by atoms with van der Waals surface area (Å²) in [5, 5.41) is 2.10. The van der Waals surface area contributed by atoms with Gasteiger partial charge < -0.3 is 4.42 Å². The van der Waals surface area contributed by atoms with Gasteiger partial charge in [0.1, 0.15) is 11.2 Å². The minimum atomic E-state index is -0.119. The second kappa shape index (κ2) is 10.1. The van der Waals surface area contributed by atoms with Crippen molar-refractivity contribution in [1.82, 2.24) is 15.0 Å². The number of rotatable bonds is 4. The normalized spacial score (nSPS) is 13.2. The first kappa shape index (κ1) is 26.5. The van der Waals surface area contributed by atoms with Gasteiger partial charge in [0.05, 0.1) is 0 Å². The smallest absolute Gasteiger partial charge is 0.164 e. The van der Waals surface area contributed by atoms with E-state index in [2.05, 4.69) is 105 Å². The van der Waals surface area contributed by atoms with Crippen molar-refractivity contribution in [2.24, 2.45) is 0 Å². The van der Waals surface area contributed by atoms with Crippen LogP contribution in [0.25, 0.3) is 78.4 Å². The first-order chi connectivity index (χ1) is 22.5. The molecule has 4 nitrogen and oxygen atoms in total. The molecule has 0 unspecified atom stereocenters. The fourth-order valence-corrected chi connectivity index (χ4v) is 6.98. The number of para-hydroxylation sites is 1. The highest BCUT2D eigenvalue weighted by atomic mass is 16.3. The quantitative estimate of drug-likeness (QED) is 0.204. The van der Waals surface area contributed by atoms with Crippen LogP contribution in [0.5, 0.6) is 0 Å². The maximum atomic E-state index is 6.45. The van der Waals surface area contributed by atoms with Crippen LogP contribution in [0.4, 0.5) is 0 Å². The average molecular weight is 592 g/mol. The Morgan fingerprint density at radius 3 is 1.78 bits per heavy atom. The lowest BCUT2D eigenvalue weighted by molar-refractivity contribution is 0.660. The van der Waals surface area contributed by atoms with E-state index in [0.717, 1.165) is 49.8 Å². The van der Waals surface area contributed by atoms with E-state index in [4.69, 9.17) is 19.4 Å². The summed E-state index contributed by atoms with van der Waals surface area (Å²) in [7, 11) is 0. The van der Waals surface area contributed by atoms with E-state index in [-0.39, 0.29) is 5.41 Å². The predicted molar refractivity (Wildman–Crippen MR) is 186 cm³/mol. The molecule has 2 heterocycles. The van der Waals surface area contributed by atoms with E-state index in [0.29, 0.717) is 17.5 Å². The number of nitrogens with zero attached hydrogens (tertiary/aromatic N) is 3. The molecule has 0 radical (unpaired) electrons. The number of fused-ring (bicyclic) bond motifs is 6. The summed E-state index contributed by atoms with van der Waals surface area (Å²) in [5.74, 6) is 1.93. The van der Waals surface area contributed by atoms with Gasteiger partial charge in [0.2, 0.25) is 0 Å². The molecule has 46 heavy (non-hydrogen) atoms. The standard InChI is InChI=1S/C42H29N3O/c1-42(2)35-19-10-9-16-31(35)32-22-20-29(25-36(32)42)41-44-39(27-14-7-4-8-15-27)43-40(45-41)28-21-23-37-34(24-28)33-18-11-17-30(38(33)46-37)26-12-5-3-6-13-26/h3-25H,1-2H3. The van der Waals surface area contributed by atoms with Gasteiger partial charge in [-0.1, -0.05) is 129 Å². The van der Waals surface area contributed by atoms with Gasteiger partial charge in [-0.3, -0.25) is 0 Å². The van der Waals surface area contributed by atoms with Crippen LogP contribution < -0.4 is 0 Å². The second-order valence-corrected chi connectivity index (χ2v) is 12.5. The molecule has 4 heteroatoms. The van der Waals surface area contributed by atoms with E-state index in [9.17, 15) is 0 Å². The molecule has 1 aliphatic carbocycles. The van der Waals surface area contributed by atoms with Crippen LogP contribution in [0.15, 0.2) is 144 Å². The number of furan rings is 1. The average Bonchev–Trinajstić information content (AvgIpc) is 3.60. The number of aromatic nitrogens is 3. The van der Waals surface area contributed by atoms with Gasteiger partial charge in [0.15, 0.2) is 17.5 Å². The Labute approximate surface area is 267 Å². The highest BCUT2D eigenvalue weighted by Crippen LogP contribution is 2.49. The highest BCUT2D eigenvalue weighted by Gasteiger charge is 2.35. The molecule has 0 saturated heterocycles. The Balaban J connectivity index is 1.21. The van der Waals surface area contributed by atoms with E-state index >= 15 is 0 Å². The van der Waals surface area contributed by atoms with Gasteiger partial charge in [0, 0.05) is 38.4 Å². The molecule has 0 fully saturated rings. The topological polar surface area (TPSA) is 51.8 Å². The Morgan fingerprint density at radius 2 is 1.02 bits per heavy atom. The lowest BCUT2D eigenvalue weighted by Gasteiger charge is -2.21. The first-order valence-corrected chi connectivity index (χ1v) is 15.6. The van der Waals surface area contributed by atoms with Gasteiger partial charge in [-0.05, 0) is 52.1 Å². The molecular formula is C42H29N3O. The minimum absolute atomic E-state index is 0.119. The molecule has 0 saturated carbocycles. The third-order valence-electron chi connectivity index (χ3n) is 9.35. The van der Waals surface area contributed by atoms with Gasteiger partial charge in [-0.15, -0.1) is 0 Å². The molecule has 0 bridgehead atoms. The van der Waals surface area contributed by atoms with Crippen molar-refractivity contribution in [1.29, 1.82) is 0 Å². The third kappa shape index (κ3) is 4.11. The van der Waals surface area contributed by atoms with E-state index in [1.807, 2.05) is 48.5 Å². The molecule has 0 N–H and O–H groups in total. The molecule has 0 aliphatic heterocycles. The molecule has 8 aromatic rings. The second-order valence-electron chi connectivity index (χ2n) is 12.5. The Kier molecular flexibility index (Phi) is 5.81. The van der Waals surface area contributed by atoms with Crippen molar-refractivity contribution < 1.29 is 4.42 Å². The highest BCUT2D eigenvalue weighted by molar-refractivity contribution is 6.10. The van der Waals surface area contributed by atoms with Crippen molar-refractivity contribution in [2.45, 2.75) is 19.3 Å². The molecular weight excluding hydrogens is 562 g/mol. The number of hydrogen-bond acceptors (Lipinski definition) is 4. The Morgan fingerprint density at radius 1 is 0.435 bits per heavy atom. The summed E-state index contributed by atoms with van der Waals surface area (Å²) in [6.07, 6.45) is 0. The van der Waals surface area contributed by atoms with Crippen LogP contribution >= 0.6 is 0 Å². The molecule has 9 rings (SSSR count). The van der Waals surface area contributed by atoms with Gasteiger partial charge in [-0.2, -0.15) is 0 Å². The Bertz CT molecular complexity index is 2440. The Hall–Kier alpha value is -5.87. The van der Waals surface area contributed by atoms with Crippen LogP contribution in [-0.2, 0) is 5.41 Å². The summed E-state index contributed by atoms with van der Waals surface area (Å²) in [6.45, 7) is 4.59. The van der Waals surface area contributed by atoms with Gasteiger partial charge >= 0.3 is 0 Å². The molecule has 2 aromatic heterocycles. The lowest BCUT2D eigenvalue weighted by Crippen LogP contribution is -2.15. The van der Waals surface area contributed by atoms with Gasteiger partial charge in [0.25, 0.3) is 0 Å². The fraction of sp³-hybridized carbons (Fsp3) is 0.0714. The van der Waals surface area contributed by atoms with Crippen LogP contribution in [0.1, 0.15) is 25.0 Å². The number of benzene rings is 6. The van der Waals surface area contributed by atoms with Crippen molar-refractivity contribution in [3.8, 4) is 56.4 Å². The molecule has 0 amide bonds. The molecule has 0 atom stereocenters. The predicted octanol–water partition coefficient (Wildman–Crippen LogP) is 10.7. The summed E-state index contributed by atoms with van der Waals surface area (Å²) in [4.78, 5) is 15.2. The summed E-state index contributed by atoms with van der Waals surface area (Å²) < 4.78 is 6.45. The van der Waals surface area contributed by atoms with Crippen LogP contribution in [0.2, 0.25) is 0 Å². The van der Waals surface area contributed by atoms with E-state index in [1.54, 1.807) is 0 Å². The fourth-order valence-electron chi connectivity index (χ4n) is 6.98. The summed E-state index contributed by atoms with van der Waals surface area (Å²) in [5.41, 5.74) is 11.8. The van der Waals surface area contributed by atoms with E-state index < -0.39 is 0 Å². The van der Waals surface area contributed by atoms with Crippen LogP contribution in [0, 0.1) is 0 Å². The summed E-state index contributed by atoms with van der Waals surface area (Å²) >= 11 is 0. The molecule has 1 aliphatic rings. The lowest BCUT2D eigenvalue weighted by atomic mass is 9.82. The zero-order chi connectivity index (χ0) is 30.8. The van der Waals surface area contributed by atoms with Crippen molar-refractivity contribution in [3.05, 3.63) is 151 Å². The third-order valence-corrected chi connectivity index (χ3v) is 9.35. The van der Waals surface area contributed by atoms with Crippen LogP contribution in [-0.4, -0.2) is 15.0 Å². The summed E-state index contributed by atoms with van der Waals surface area (Å²) in [6, 6.07) is 48.4. The molecule has 218 valence electrons. The van der Waals surface area contributed by atoms with E-state index in [1.165, 1.54) is 22.3 Å². The van der Waals surface area contributed by atoms with Crippen LogP contribution in [0.3, 0.4) is 0 Å². The minimum Gasteiger partial charge on any atom is -0.455 e. The first-order valence-electron chi connectivity index (χ1n) is 15.6. The zero-order valence-electron chi connectivity index (χ0n) is 25.5. The van der Waals surface area contributed by atoms with Crippen molar-refractivity contribution in [3.63, 3.8) is 0 Å². The largest absolute Gasteiger partial charge is 0.455 e. The monoisotopic (exact) mass is 591 g/mol. The van der Waals surface area contributed by atoms with Crippen molar-refractivity contribution in [2.75, 3.05) is 0 Å². The molecule has 6 aromatic carbocycles. The van der Waals surface area contributed by atoms with Gasteiger partial charge in [-0.25, -0.2) is 15.0 Å². The SMILES string of the molecule is CC1(C)c2ccccc2-c2ccc(-c3nc(-c4ccccc4)nc(-c4ccc5oc6c(-c7ccccc7)cccc6c5c4)n3)cc21. The number of hydrogen-bond donors (Lipinski definition) is 0.